The number of amides is 1. The number of rotatable bonds is 7. The minimum Gasteiger partial charge on any atom is -0.481 e. The molecule has 7 nitrogen and oxygen atoms in total. The van der Waals surface area contributed by atoms with Gasteiger partial charge < -0.3 is 10.4 Å². The summed E-state index contributed by atoms with van der Waals surface area (Å²) in [6.07, 6.45) is 0. The third-order valence-electron chi connectivity index (χ3n) is 2.81. The Morgan fingerprint density at radius 3 is 2.48 bits per heavy atom. The van der Waals surface area contributed by atoms with E-state index in [9.17, 15) is 18.0 Å². The number of carbonyl (C=O) groups is 2. The van der Waals surface area contributed by atoms with Crippen molar-refractivity contribution in [2.24, 2.45) is 5.92 Å². The van der Waals surface area contributed by atoms with Crippen LogP contribution in [0.2, 0.25) is 0 Å². The van der Waals surface area contributed by atoms with Gasteiger partial charge in [0.05, 0.1) is 22.9 Å². The molecule has 0 spiro atoms. The number of sulfonamides is 1. The van der Waals surface area contributed by atoms with Crippen molar-refractivity contribution in [2.45, 2.75) is 13.8 Å². The normalized spacial score (nSPS) is 12.5. The van der Waals surface area contributed by atoms with Gasteiger partial charge in [0.2, 0.25) is 10.0 Å². The standard InChI is InChI=1S/C13H18N2O5S/c1-3-21(19,20)15-11-7-5-4-6-10(11)12(16)14-8-9(2)13(17)18/h4-7,9,15H,3,8H2,1-2H3,(H,14,16)(H,17,18). The van der Waals surface area contributed by atoms with E-state index in [0.29, 0.717) is 0 Å². The Labute approximate surface area is 123 Å². The number of para-hydroxylation sites is 1. The van der Waals surface area contributed by atoms with Crippen molar-refractivity contribution in [3.8, 4) is 0 Å². The van der Waals surface area contributed by atoms with Crippen molar-refractivity contribution in [1.29, 1.82) is 0 Å². The van der Waals surface area contributed by atoms with Crippen LogP contribution in [0.5, 0.6) is 0 Å². The summed E-state index contributed by atoms with van der Waals surface area (Å²) in [7, 11) is -3.50. The molecule has 0 bridgehead atoms. The van der Waals surface area contributed by atoms with Crippen LogP contribution in [0.3, 0.4) is 0 Å². The first-order valence-corrected chi connectivity index (χ1v) is 8.02. The van der Waals surface area contributed by atoms with E-state index in [1.54, 1.807) is 12.1 Å². The molecule has 8 heteroatoms. The van der Waals surface area contributed by atoms with Crippen LogP contribution < -0.4 is 10.0 Å². The average Bonchev–Trinajstić information content (AvgIpc) is 2.44. The van der Waals surface area contributed by atoms with Crippen LogP contribution in [0, 0.1) is 5.92 Å². The molecule has 116 valence electrons. The van der Waals surface area contributed by atoms with Crippen molar-refractivity contribution < 1.29 is 23.1 Å². The highest BCUT2D eigenvalue weighted by Gasteiger charge is 2.17. The molecule has 1 aromatic carbocycles. The zero-order chi connectivity index (χ0) is 16.0. The van der Waals surface area contributed by atoms with Gasteiger partial charge in [-0.15, -0.1) is 0 Å². The summed E-state index contributed by atoms with van der Waals surface area (Å²) < 4.78 is 25.5. The fourth-order valence-corrected chi connectivity index (χ4v) is 2.10. The Balaban J connectivity index is 2.88. The molecule has 0 aliphatic carbocycles. The van der Waals surface area contributed by atoms with Gasteiger partial charge in [0.25, 0.3) is 5.91 Å². The Kier molecular flexibility index (Phi) is 5.71. The lowest BCUT2D eigenvalue weighted by Crippen LogP contribution is -2.32. The number of hydrogen-bond acceptors (Lipinski definition) is 4. The van der Waals surface area contributed by atoms with Gasteiger partial charge in [-0.2, -0.15) is 0 Å². The maximum Gasteiger partial charge on any atom is 0.308 e. The zero-order valence-corrected chi connectivity index (χ0v) is 12.6. The van der Waals surface area contributed by atoms with Crippen molar-refractivity contribution in [3.05, 3.63) is 29.8 Å². The molecule has 0 aliphatic heterocycles. The smallest absolute Gasteiger partial charge is 0.308 e. The summed E-state index contributed by atoms with van der Waals surface area (Å²) in [5.74, 6) is -2.39. The van der Waals surface area contributed by atoms with E-state index in [1.165, 1.54) is 26.0 Å². The first-order valence-electron chi connectivity index (χ1n) is 6.37. The highest BCUT2D eigenvalue weighted by Crippen LogP contribution is 2.16. The second-order valence-corrected chi connectivity index (χ2v) is 6.51. The van der Waals surface area contributed by atoms with E-state index in [0.717, 1.165) is 0 Å². The number of benzene rings is 1. The molecule has 21 heavy (non-hydrogen) atoms. The molecule has 0 heterocycles. The summed E-state index contributed by atoms with van der Waals surface area (Å²) in [5, 5.41) is 11.2. The number of hydrogen-bond donors (Lipinski definition) is 3. The second-order valence-electron chi connectivity index (χ2n) is 4.50. The summed E-state index contributed by atoms with van der Waals surface area (Å²) in [5.41, 5.74) is 0.312. The number of anilines is 1. The van der Waals surface area contributed by atoms with Gasteiger partial charge in [-0.05, 0) is 19.1 Å². The minimum absolute atomic E-state index is 0.0387. The number of carboxylic acid groups (broad SMARTS) is 1. The quantitative estimate of drug-likeness (QED) is 0.692. The maximum absolute atomic E-state index is 12.0. The van der Waals surface area contributed by atoms with Crippen molar-refractivity contribution in [2.75, 3.05) is 17.0 Å². The van der Waals surface area contributed by atoms with Crippen LogP contribution in [-0.4, -0.2) is 37.7 Å². The van der Waals surface area contributed by atoms with Crippen LogP contribution in [-0.2, 0) is 14.8 Å². The summed E-state index contributed by atoms with van der Waals surface area (Å²) in [6.45, 7) is 2.91. The first-order chi connectivity index (χ1) is 9.76. The number of nitrogens with one attached hydrogen (secondary N) is 2. The molecular formula is C13H18N2O5S. The van der Waals surface area contributed by atoms with Crippen LogP contribution in [0.15, 0.2) is 24.3 Å². The third kappa shape index (κ3) is 5.07. The van der Waals surface area contributed by atoms with Gasteiger partial charge in [-0.25, -0.2) is 8.42 Å². The molecule has 1 aromatic rings. The van der Waals surface area contributed by atoms with Crippen LogP contribution >= 0.6 is 0 Å². The Hall–Kier alpha value is -2.09. The zero-order valence-electron chi connectivity index (χ0n) is 11.8. The molecule has 0 radical (unpaired) electrons. The molecule has 3 N–H and O–H groups in total. The minimum atomic E-state index is -3.50. The monoisotopic (exact) mass is 314 g/mol. The van der Waals surface area contributed by atoms with E-state index in [4.69, 9.17) is 5.11 Å². The van der Waals surface area contributed by atoms with Crippen molar-refractivity contribution in [1.82, 2.24) is 5.32 Å². The topological polar surface area (TPSA) is 113 Å². The predicted octanol–water partition coefficient (Wildman–Crippen LogP) is 0.899. The van der Waals surface area contributed by atoms with E-state index < -0.39 is 27.8 Å². The lowest BCUT2D eigenvalue weighted by molar-refractivity contribution is -0.140. The molecule has 1 amide bonds. The lowest BCUT2D eigenvalue weighted by atomic mass is 10.1. The molecule has 0 saturated carbocycles. The largest absolute Gasteiger partial charge is 0.481 e. The van der Waals surface area contributed by atoms with Gasteiger partial charge in [0.15, 0.2) is 0 Å². The van der Waals surface area contributed by atoms with Crippen molar-refractivity contribution >= 4 is 27.6 Å². The molecular weight excluding hydrogens is 296 g/mol. The van der Waals surface area contributed by atoms with Crippen LogP contribution in [0.4, 0.5) is 5.69 Å². The lowest BCUT2D eigenvalue weighted by Gasteiger charge is -2.13. The van der Waals surface area contributed by atoms with E-state index >= 15 is 0 Å². The van der Waals surface area contributed by atoms with Gasteiger partial charge >= 0.3 is 5.97 Å². The molecule has 0 aromatic heterocycles. The van der Waals surface area contributed by atoms with Crippen LogP contribution in [0.1, 0.15) is 24.2 Å². The molecule has 1 unspecified atom stereocenters. The van der Waals surface area contributed by atoms with Crippen LogP contribution in [0.25, 0.3) is 0 Å². The molecule has 0 saturated heterocycles. The highest BCUT2D eigenvalue weighted by molar-refractivity contribution is 7.92. The fraction of sp³-hybridized carbons (Fsp3) is 0.385. The molecule has 1 atom stereocenters. The third-order valence-corrected chi connectivity index (χ3v) is 4.10. The fourth-order valence-electron chi connectivity index (χ4n) is 1.44. The number of carbonyl (C=O) groups excluding carboxylic acids is 1. The van der Waals surface area contributed by atoms with E-state index in [2.05, 4.69) is 10.0 Å². The SMILES string of the molecule is CCS(=O)(=O)Nc1ccccc1C(=O)NCC(C)C(=O)O. The van der Waals surface area contributed by atoms with Gasteiger partial charge in [-0.3, -0.25) is 14.3 Å². The van der Waals surface area contributed by atoms with E-state index in [1.807, 2.05) is 0 Å². The predicted molar refractivity (Wildman–Crippen MR) is 78.7 cm³/mol. The molecule has 0 fully saturated rings. The second kappa shape index (κ2) is 7.07. The summed E-state index contributed by atoms with van der Waals surface area (Å²) in [6, 6.07) is 6.14. The Morgan fingerprint density at radius 1 is 1.29 bits per heavy atom. The van der Waals surface area contributed by atoms with Gasteiger partial charge in [0.1, 0.15) is 0 Å². The molecule has 1 rings (SSSR count). The summed E-state index contributed by atoms with van der Waals surface area (Å²) in [4.78, 5) is 22.7. The highest BCUT2D eigenvalue weighted by atomic mass is 32.2. The average molecular weight is 314 g/mol. The Morgan fingerprint density at radius 2 is 1.90 bits per heavy atom. The first kappa shape index (κ1) is 17.0. The van der Waals surface area contributed by atoms with Gasteiger partial charge in [-0.1, -0.05) is 19.1 Å². The number of carboxylic acids is 1. The summed E-state index contributed by atoms with van der Waals surface area (Å²) >= 11 is 0. The van der Waals surface area contributed by atoms with Crippen molar-refractivity contribution in [3.63, 3.8) is 0 Å². The van der Waals surface area contributed by atoms with E-state index in [-0.39, 0.29) is 23.5 Å². The number of aliphatic carboxylic acids is 1. The molecule has 0 aliphatic rings. The van der Waals surface area contributed by atoms with Gasteiger partial charge in [0, 0.05) is 6.54 Å². The maximum atomic E-state index is 12.0. The Bertz CT molecular complexity index is 627.